The Balaban J connectivity index is 2.09. The zero-order chi connectivity index (χ0) is 13.2. The van der Waals surface area contributed by atoms with E-state index < -0.39 is 0 Å². The van der Waals surface area contributed by atoms with Crippen LogP contribution in [0.25, 0.3) is 0 Å². The second-order valence-electron chi connectivity index (χ2n) is 6.11. The molecule has 1 fully saturated rings. The molecule has 1 aliphatic heterocycles. The summed E-state index contributed by atoms with van der Waals surface area (Å²) in [5, 5.41) is 8.49. The van der Waals surface area contributed by atoms with Crippen molar-refractivity contribution in [3.63, 3.8) is 0 Å². The summed E-state index contributed by atoms with van der Waals surface area (Å²) in [5.41, 5.74) is 7.92. The van der Waals surface area contributed by atoms with Crippen molar-refractivity contribution in [2.45, 2.75) is 52.1 Å². The lowest BCUT2D eigenvalue weighted by Crippen LogP contribution is -2.28. The summed E-state index contributed by atoms with van der Waals surface area (Å²) < 4.78 is 2.04. The van der Waals surface area contributed by atoms with E-state index in [1.807, 2.05) is 4.68 Å². The molecule has 1 aromatic heterocycles. The number of hydrogen-bond donors (Lipinski definition) is 1. The van der Waals surface area contributed by atoms with Crippen molar-refractivity contribution < 1.29 is 0 Å². The molecule has 0 spiro atoms. The van der Waals surface area contributed by atoms with Crippen molar-refractivity contribution in [1.29, 1.82) is 0 Å². The van der Waals surface area contributed by atoms with Gasteiger partial charge in [-0.25, -0.2) is 4.68 Å². The lowest BCUT2D eigenvalue weighted by Gasteiger charge is -2.22. The van der Waals surface area contributed by atoms with Gasteiger partial charge in [0.05, 0.1) is 17.9 Å². The van der Waals surface area contributed by atoms with E-state index in [2.05, 4.69) is 36.0 Å². The minimum Gasteiger partial charge on any atom is -0.325 e. The zero-order valence-corrected chi connectivity index (χ0v) is 11.8. The smallest absolute Gasteiger partial charge is 0.1000 e. The number of nitrogens with zero attached hydrogens (tertiary/aromatic N) is 4. The molecule has 0 bridgehead atoms. The first-order valence-electron chi connectivity index (χ1n) is 6.87. The molecular formula is C13H25N5. The van der Waals surface area contributed by atoms with Crippen LogP contribution in [0.15, 0.2) is 0 Å². The zero-order valence-electron chi connectivity index (χ0n) is 11.8. The van der Waals surface area contributed by atoms with Crippen LogP contribution in [0, 0.1) is 0 Å². The van der Waals surface area contributed by atoms with Crippen LogP contribution < -0.4 is 5.73 Å². The predicted molar refractivity (Wildman–Crippen MR) is 72.3 cm³/mol. The molecule has 2 heterocycles. The van der Waals surface area contributed by atoms with Gasteiger partial charge in [-0.1, -0.05) is 26.0 Å². The third kappa shape index (κ3) is 2.90. The van der Waals surface area contributed by atoms with Crippen molar-refractivity contribution >= 4 is 0 Å². The predicted octanol–water partition coefficient (Wildman–Crippen LogP) is 1.13. The van der Waals surface area contributed by atoms with E-state index in [9.17, 15) is 0 Å². The minimum atomic E-state index is 0.0449. The molecule has 0 amide bonds. The van der Waals surface area contributed by atoms with Crippen molar-refractivity contribution in [2.24, 2.45) is 5.73 Å². The van der Waals surface area contributed by atoms with Gasteiger partial charge in [-0.05, 0) is 25.9 Å². The fourth-order valence-corrected chi connectivity index (χ4v) is 2.71. The highest BCUT2D eigenvalue weighted by atomic mass is 15.4. The highest BCUT2D eigenvalue weighted by molar-refractivity contribution is 5.19. The Morgan fingerprint density at radius 3 is 2.39 bits per heavy atom. The summed E-state index contributed by atoms with van der Waals surface area (Å²) in [5.74, 6) is 0. The van der Waals surface area contributed by atoms with Crippen molar-refractivity contribution in [1.82, 2.24) is 19.9 Å². The summed E-state index contributed by atoms with van der Waals surface area (Å²) in [6.07, 6.45) is 2.66. The van der Waals surface area contributed by atoms with E-state index in [1.54, 1.807) is 0 Å². The fourth-order valence-electron chi connectivity index (χ4n) is 2.71. The van der Waals surface area contributed by atoms with Gasteiger partial charge in [-0.3, -0.25) is 0 Å². The SMILES string of the molecule is CC(C)(C)c1c(CN)nnn1CCN1CCCC1. The van der Waals surface area contributed by atoms with Gasteiger partial charge in [-0.15, -0.1) is 5.10 Å². The Bertz CT molecular complexity index is 385. The van der Waals surface area contributed by atoms with E-state index in [1.165, 1.54) is 31.6 Å². The second kappa shape index (κ2) is 5.36. The molecule has 2 rings (SSSR count). The fraction of sp³-hybridized carbons (Fsp3) is 0.846. The van der Waals surface area contributed by atoms with Gasteiger partial charge in [-0.2, -0.15) is 0 Å². The van der Waals surface area contributed by atoms with Crippen LogP contribution in [0.3, 0.4) is 0 Å². The number of aromatic nitrogens is 3. The maximum absolute atomic E-state index is 5.75. The number of rotatable bonds is 4. The maximum atomic E-state index is 5.75. The Morgan fingerprint density at radius 1 is 1.17 bits per heavy atom. The largest absolute Gasteiger partial charge is 0.325 e. The number of likely N-dealkylation sites (tertiary alicyclic amines) is 1. The van der Waals surface area contributed by atoms with Gasteiger partial charge < -0.3 is 10.6 Å². The third-order valence-electron chi connectivity index (χ3n) is 3.54. The Hall–Kier alpha value is -0.940. The average Bonchev–Trinajstić information content (AvgIpc) is 2.94. The molecule has 5 nitrogen and oxygen atoms in total. The first-order valence-corrected chi connectivity index (χ1v) is 6.87. The molecule has 0 radical (unpaired) electrons. The molecule has 0 aliphatic carbocycles. The summed E-state index contributed by atoms with van der Waals surface area (Å²) in [4.78, 5) is 2.50. The molecule has 0 saturated carbocycles. The van der Waals surface area contributed by atoms with Crippen molar-refractivity contribution in [3.8, 4) is 0 Å². The standard InChI is InChI=1S/C13H25N5/c1-13(2,3)12-11(10-14)15-16-18(12)9-8-17-6-4-5-7-17/h4-10,14H2,1-3H3. The molecule has 102 valence electrons. The van der Waals surface area contributed by atoms with Crippen LogP contribution >= 0.6 is 0 Å². The number of nitrogens with two attached hydrogens (primary N) is 1. The average molecular weight is 251 g/mol. The molecule has 0 aromatic carbocycles. The van der Waals surface area contributed by atoms with E-state index in [4.69, 9.17) is 5.73 Å². The maximum Gasteiger partial charge on any atom is 0.1000 e. The molecule has 18 heavy (non-hydrogen) atoms. The van der Waals surface area contributed by atoms with Gasteiger partial charge in [0.2, 0.25) is 0 Å². The monoisotopic (exact) mass is 251 g/mol. The summed E-state index contributed by atoms with van der Waals surface area (Å²) in [6, 6.07) is 0. The second-order valence-corrected chi connectivity index (χ2v) is 6.11. The quantitative estimate of drug-likeness (QED) is 0.871. The van der Waals surface area contributed by atoms with Crippen molar-refractivity contribution in [3.05, 3.63) is 11.4 Å². The Morgan fingerprint density at radius 2 is 1.83 bits per heavy atom. The summed E-state index contributed by atoms with van der Waals surface area (Å²) in [7, 11) is 0. The molecule has 2 N–H and O–H groups in total. The van der Waals surface area contributed by atoms with Gasteiger partial charge in [0.15, 0.2) is 0 Å². The lowest BCUT2D eigenvalue weighted by molar-refractivity contribution is 0.307. The van der Waals surface area contributed by atoms with Gasteiger partial charge in [0.25, 0.3) is 0 Å². The van der Waals surface area contributed by atoms with Crippen LogP contribution in [0.5, 0.6) is 0 Å². The number of hydrogen-bond acceptors (Lipinski definition) is 4. The van der Waals surface area contributed by atoms with E-state index in [0.717, 1.165) is 18.8 Å². The van der Waals surface area contributed by atoms with Crippen molar-refractivity contribution in [2.75, 3.05) is 19.6 Å². The van der Waals surface area contributed by atoms with Crippen LogP contribution in [0.2, 0.25) is 0 Å². The van der Waals surface area contributed by atoms with Crippen LogP contribution in [-0.2, 0) is 18.5 Å². The third-order valence-corrected chi connectivity index (χ3v) is 3.54. The van der Waals surface area contributed by atoms with Crippen LogP contribution in [0.4, 0.5) is 0 Å². The molecular weight excluding hydrogens is 226 g/mol. The van der Waals surface area contributed by atoms with Crippen LogP contribution in [0.1, 0.15) is 45.0 Å². The van der Waals surface area contributed by atoms with Gasteiger partial charge >= 0.3 is 0 Å². The van der Waals surface area contributed by atoms with E-state index >= 15 is 0 Å². The molecule has 0 atom stereocenters. The molecule has 5 heteroatoms. The minimum absolute atomic E-state index is 0.0449. The first-order chi connectivity index (χ1) is 8.52. The highest BCUT2D eigenvalue weighted by Gasteiger charge is 2.24. The topological polar surface area (TPSA) is 60.0 Å². The van der Waals surface area contributed by atoms with E-state index in [0.29, 0.717) is 6.54 Å². The molecule has 1 saturated heterocycles. The lowest BCUT2D eigenvalue weighted by atomic mass is 9.90. The normalized spacial score (nSPS) is 17.6. The van der Waals surface area contributed by atoms with Gasteiger partial charge in [0.1, 0.15) is 0 Å². The molecule has 0 unspecified atom stereocenters. The Kier molecular flexibility index (Phi) is 4.02. The summed E-state index contributed by atoms with van der Waals surface area (Å²) >= 11 is 0. The first kappa shape index (κ1) is 13.5. The summed E-state index contributed by atoms with van der Waals surface area (Å²) in [6.45, 7) is 11.5. The van der Waals surface area contributed by atoms with Gasteiger partial charge in [0, 0.05) is 18.5 Å². The van der Waals surface area contributed by atoms with E-state index in [-0.39, 0.29) is 5.41 Å². The molecule has 1 aliphatic rings. The molecule has 1 aromatic rings. The highest BCUT2D eigenvalue weighted by Crippen LogP contribution is 2.24. The van der Waals surface area contributed by atoms with Crippen LogP contribution in [-0.4, -0.2) is 39.5 Å². The Labute approximate surface area is 109 Å².